The molecule has 0 spiro atoms. The SMILES string of the molecule is Cc1ccc(/C(=C/Cl)Oc2ccccc2C#N)cc1. The summed E-state index contributed by atoms with van der Waals surface area (Å²) in [6.45, 7) is 2.01. The number of halogens is 1. The van der Waals surface area contributed by atoms with Crippen molar-refractivity contribution in [1.29, 1.82) is 5.26 Å². The van der Waals surface area contributed by atoms with Crippen LogP contribution in [0.15, 0.2) is 54.1 Å². The van der Waals surface area contributed by atoms with Gasteiger partial charge in [-0.3, -0.25) is 0 Å². The van der Waals surface area contributed by atoms with E-state index in [2.05, 4.69) is 6.07 Å². The summed E-state index contributed by atoms with van der Waals surface area (Å²) in [6, 6.07) is 17.0. The fourth-order valence-electron chi connectivity index (χ4n) is 1.63. The Labute approximate surface area is 117 Å². The number of hydrogen-bond donors (Lipinski definition) is 0. The topological polar surface area (TPSA) is 33.0 Å². The Hall–Kier alpha value is -2.24. The number of hydrogen-bond acceptors (Lipinski definition) is 2. The van der Waals surface area contributed by atoms with Gasteiger partial charge in [0.25, 0.3) is 0 Å². The van der Waals surface area contributed by atoms with Gasteiger partial charge in [-0.05, 0) is 19.1 Å². The molecule has 0 aliphatic heterocycles. The molecule has 0 fully saturated rings. The summed E-state index contributed by atoms with van der Waals surface area (Å²) in [5, 5.41) is 9.03. The van der Waals surface area contributed by atoms with E-state index in [0.717, 1.165) is 11.1 Å². The second-order valence-corrected chi connectivity index (χ2v) is 4.27. The maximum Gasteiger partial charge on any atom is 0.145 e. The van der Waals surface area contributed by atoms with Crippen LogP contribution in [0.25, 0.3) is 5.76 Å². The molecule has 0 heterocycles. The van der Waals surface area contributed by atoms with E-state index in [1.165, 1.54) is 5.54 Å². The van der Waals surface area contributed by atoms with Gasteiger partial charge in [-0.1, -0.05) is 53.6 Å². The monoisotopic (exact) mass is 269 g/mol. The summed E-state index contributed by atoms with van der Waals surface area (Å²) >= 11 is 5.82. The van der Waals surface area contributed by atoms with E-state index >= 15 is 0 Å². The van der Waals surface area contributed by atoms with Crippen molar-refractivity contribution in [1.82, 2.24) is 0 Å². The lowest BCUT2D eigenvalue weighted by Crippen LogP contribution is -1.96. The molecule has 3 heteroatoms. The van der Waals surface area contributed by atoms with Crippen LogP contribution in [0.2, 0.25) is 0 Å². The Morgan fingerprint density at radius 1 is 1.16 bits per heavy atom. The van der Waals surface area contributed by atoms with Gasteiger partial charge in [-0.15, -0.1) is 0 Å². The van der Waals surface area contributed by atoms with E-state index in [0.29, 0.717) is 17.1 Å². The minimum atomic E-state index is 0.477. The molecule has 0 aliphatic carbocycles. The first-order valence-electron chi connectivity index (χ1n) is 5.79. The molecule has 0 radical (unpaired) electrons. The van der Waals surface area contributed by atoms with Crippen LogP contribution in [0.1, 0.15) is 16.7 Å². The van der Waals surface area contributed by atoms with Crippen LogP contribution in [0, 0.1) is 18.3 Å². The fraction of sp³-hybridized carbons (Fsp3) is 0.0625. The van der Waals surface area contributed by atoms with Gasteiger partial charge in [0, 0.05) is 11.1 Å². The number of rotatable bonds is 3. The van der Waals surface area contributed by atoms with E-state index in [-0.39, 0.29) is 0 Å². The summed E-state index contributed by atoms with van der Waals surface area (Å²) in [5.41, 5.74) is 3.88. The van der Waals surface area contributed by atoms with Crippen molar-refractivity contribution in [2.24, 2.45) is 0 Å². The minimum absolute atomic E-state index is 0.477. The van der Waals surface area contributed by atoms with Crippen molar-refractivity contribution in [3.8, 4) is 11.8 Å². The number of para-hydroxylation sites is 1. The number of nitrogens with zero attached hydrogens (tertiary/aromatic N) is 1. The van der Waals surface area contributed by atoms with Gasteiger partial charge in [0.15, 0.2) is 0 Å². The van der Waals surface area contributed by atoms with E-state index in [9.17, 15) is 0 Å². The highest BCUT2D eigenvalue weighted by molar-refractivity contribution is 6.27. The predicted molar refractivity (Wildman–Crippen MR) is 76.8 cm³/mol. The van der Waals surface area contributed by atoms with Crippen LogP contribution in [-0.2, 0) is 0 Å². The number of ether oxygens (including phenoxy) is 1. The molecule has 0 bridgehead atoms. The molecule has 0 aromatic heterocycles. The minimum Gasteiger partial charge on any atom is -0.454 e. The number of nitriles is 1. The molecule has 2 nitrogen and oxygen atoms in total. The lowest BCUT2D eigenvalue weighted by Gasteiger charge is -2.10. The Morgan fingerprint density at radius 3 is 2.47 bits per heavy atom. The molecule has 0 aliphatic rings. The smallest absolute Gasteiger partial charge is 0.145 e. The summed E-state index contributed by atoms with van der Waals surface area (Å²) in [6.07, 6.45) is 0. The molecule has 0 N–H and O–H groups in total. The summed E-state index contributed by atoms with van der Waals surface area (Å²) in [5.74, 6) is 1.02. The van der Waals surface area contributed by atoms with Crippen molar-refractivity contribution in [2.45, 2.75) is 6.92 Å². The van der Waals surface area contributed by atoms with Gasteiger partial charge in [0.1, 0.15) is 17.6 Å². The highest BCUT2D eigenvalue weighted by Crippen LogP contribution is 2.25. The van der Waals surface area contributed by atoms with Gasteiger partial charge in [0.2, 0.25) is 0 Å². The third kappa shape index (κ3) is 3.15. The fourth-order valence-corrected chi connectivity index (χ4v) is 1.80. The molecule has 0 saturated heterocycles. The van der Waals surface area contributed by atoms with Gasteiger partial charge in [-0.2, -0.15) is 5.26 Å². The van der Waals surface area contributed by atoms with Crippen LogP contribution >= 0.6 is 11.6 Å². The van der Waals surface area contributed by atoms with Crippen molar-refractivity contribution < 1.29 is 4.74 Å². The Morgan fingerprint density at radius 2 is 1.84 bits per heavy atom. The van der Waals surface area contributed by atoms with E-state index in [1.807, 2.05) is 37.3 Å². The molecule has 0 unspecified atom stereocenters. The van der Waals surface area contributed by atoms with Crippen LogP contribution in [-0.4, -0.2) is 0 Å². The standard InChI is InChI=1S/C16H12ClNO/c1-12-6-8-13(9-7-12)16(10-17)19-15-5-3-2-4-14(15)11-18/h2-10H,1H3/b16-10-. The normalized spacial score (nSPS) is 10.9. The Kier molecular flexibility index (Phi) is 4.22. The van der Waals surface area contributed by atoms with Crippen molar-refractivity contribution >= 4 is 17.4 Å². The zero-order valence-electron chi connectivity index (χ0n) is 10.4. The van der Waals surface area contributed by atoms with E-state index in [4.69, 9.17) is 21.6 Å². The molecule has 0 amide bonds. The van der Waals surface area contributed by atoms with Crippen LogP contribution < -0.4 is 4.74 Å². The Balaban J connectivity index is 2.30. The van der Waals surface area contributed by atoms with Gasteiger partial charge in [0.05, 0.1) is 5.56 Å². The van der Waals surface area contributed by atoms with E-state index < -0.39 is 0 Å². The highest BCUT2D eigenvalue weighted by Gasteiger charge is 2.07. The first-order valence-corrected chi connectivity index (χ1v) is 6.22. The van der Waals surface area contributed by atoms with Gasteiger partial charge in [-0.25, -0.2) is 0 Å². The van der Waals surface area contributed by atoms with Crippen molar-refractivity contribution in [3.63, 3.8) is 0 Å². The summed E-state index contributed by atoms with van der Waals surface area (Å²) in [7, 11) is 0. The van der Waals surface area contributed by atoms with Gasteiger partial charge >= 0.3 is 0 Å². The molecular formula is C16H12ClNO. The largest absolute Gasteiger partial charge is 0.454 e. The highest BCUT2D eigenvalue weighted by atomic mass is 35.5. The maximum absolute atomic E-state index is 9.03. The van der Waals surface area contributed by atoms with E-state index in [1.54, 1.807) is 18.2 Å². The second-order valence-electron chi connectivity index (χ2n) is 4.05. The average molecular weight is 270 g/mol. The van der Waals surface area contributed by atoms with Crippen molar-refractivity contribution in [3.05, 3.63) is 70.8 Å². The molecule has 2 rings (SSSR count). The third-order valence-corrected chi connectivity index (χ3v) is 2.86. The molecular weight excluding hydrogens is 258 g/mol. The first kappa shape index (κ1) is 13.2. The molecule has 0 saturated carbocycles. The predicted octanol–water partition coefficient (Wildman–Crippen LogP) is 4.48. The quantitative estimate of drug-likeness (QED) is 0.770. The zero-order chi connectivity index (χ0) is 13.7. The lowest BCUT2D eigenvalue weighted by molar-refractivity contribution is 0.514. The summed E-state index contributed by atoms with van der Waals surface area (Å²) < 4.78 is 5.72. The summed E-state index contributed by atoms with van der Waals surface area (Å²) in [4.78, 5) is 0. The van der Waals surface area contributed by atoms with Crippen LogP contribution in [0.5, 0.6) is 5.75 Å². The van der Waals surface area contributed by atoms with Gasteiger partial charge < -0.3 is 4.74 Å². The molecule has 2 aromatic carbocycles. The van der Waals surface area contributed by atoms with Crippen LogP contribution in [0.4, 0.5) is 0 Å². The molecule has 94 valence electrons. The third-order valence-electron chi connectivity index (χ3n) is 2.66. The lowest BCUT2D eigenvalue weighted by atomic mass is 10.1. The number of benzene rings is 2. The molecule has 19 heavy (non-hydrogen) atoms. The van der Waals surface area contributed by atoms with Crippen LogP contribution in [0.3, 0.4) is 0 Å². The number of aryl methyl sites for hydroxylation is 1. The second kappa shape index (κ2) is 6.08. The maximum atomic E-state index is 9.03. The average Bonchev–Trinajstić information content (AvgIpc) is 2.46. The first-order chi connectivity index (χ1) is 9.24. The van der Waals surface area contributed by atoms with Crippen molar-refractivity contribution in [2.75, 3.05) is 0 Å². The Bertz CT molecular complexity index is 639. The molecule has 0 atom stereocenters. The molecule has 2 aromatic rings. The zero-order valence-corrected chi connectivity index (χ0v) is 11.2.